The Morgan fingerprint density at radius 2 is 1.50 bits per heavy atom. The quantitative estimate of drug-likeness (QED) is 0.177. The SMILES string of the molecule is Cc1ccc(Cn2nnnc2C2N3C(=O)C(NC(c4ccccc4)(c4ccccc4)c4ccccc4F)C3SC2(C)C)cc1. The molecule has 7 nitrogen and oxygen atoms in total. The summed E-state index contributed by atoms with van der Waals surface area (Å²) in [5.74, 6) is 0.253. The van der Waals surface area contributed by atoms with Gasteiger partial charge in [0.25, 0.3) is 0 Å². The second kappa shape index (κ2) is 11.0. The van der Waals surface area contributed by atoms with E-state index in [1.165, 1.54) is 11.6 Å². The number of aryl methyl sites for hydroxylation is 1. The summed E-state index contributed by atoms with van der Waals surface area (Å²) >= 11 is 1.72. The number of tetrazole rings is 1. The molecule has 0 saturated carbocycles. The molecule has 3 unspecified atom stereocenters. The Labute approximate surface area is 260 Å². The lowest BCUT2D eigenvalue weighted by atomic mass is 9.75. The summed E-state index contributed by atoms with van der Waals surface area (Å²) in [6.07, 6.45) is 0. The molecule has 4 aromatic carbocycles. The zero-order valence-electron chi connectivity index (χ0n) is 24.8. The Morgan fingerprint density at radius 1 is 0.886 bits per heavy atom. The van der Waals surface area contributed by atoms with Crippen LogP contribution < -0.4 is 5.32 Å². The van der Waals surface area contributed by atoms with Crippen LogP contribution in [-0.4, -0.2) is 47.2 Å². The predicted molar refractivity (Wildman–Crippen MR) is 169 cm³/mol. The highest BCUT2D eigenvalue weighted by atomic mass is 32.2. The van der Waals surface area contributed by atoms with Crippen molar-refractivity contribution in [2.45, 2.75) is 55.1 Å². The summed E-state index contributed by atoms with van der Waals surface area (Å²) in [6.45, 7) is 6.83. The second-order valence-corrected chi connectivity index (χ2v) is 13.8. The van der Waals surface area contributed by atoms with E-state index in [2.05, 4.69) is 65.9 Å². The average Bonchev–Trinajstić information content (AvgIpc) is 3.59. The molecule has 0 radical (unpaired) electrons. The molecule has 0 bridgehead atoms. The van der Waals surface area contributed by atoms with Crippen LogP contribution in [-0.2, 0) is 16.9 Å². The summed E-state index contributed by atoms with van der Waals surface area (Å²) in [4.78, 5) is 16.2. The Hall–Kier alpha value is -4.34. The second-order valence-electron chi connectivity index (χ2n) is 12.0. The maximum atomic E-state index is 15.8. The van der Waals surface area contributed by atoms with Crippen molar-refractivity contribution in [1.29, 1.82) is 0 Å². The molecule has 1 amide bonds. The number of nitrogens with zero attached hydrogens (tertiary/aromatic N) is 5. The normalized spacial score (nSPS) is 20.8. The molecule has 9 heteroatoms. The number of carbonyl (C=O) groups is 1. The van der Waals surface area contributed by atoms with Crippen molar-refractivity contribution in [2.24, 2.45) is 0 Å². The highest BCUT2D eigenvalue weighted by molar-refractivity contribution is 8.01. The number of benzene rings is 4. The lowest BCUT2D eigenvalue weighted by Crippen LogP contribution is -2.70. The van der Waals surface area contributed by atoms with Gasteiger partial charge in [0.05, 0.1) is 12.1 Å². The van der Waals surface area contributed by atoms with Crippen LogP contribution in [0.15, 0.2) is 109 Å². The van der Waals surface area contributed by atoms with Gasteiger partial charge in [0.15, 0.2) is 5.82 Å². The van der Waals surface area contributed by atoms with Gasteiger partial charge in [-0.2, -0.15) is 0 Å². The third-order valence-electron chi connectivity index (χ3n) is 8.76. The molecular weight excluding hydrogens is 571 g/mol. The van der Waals surface area contributed by atoms with Crippen molar-refractivity contribution in [1.82, 2.24) is 30.4 Å². The summed E-state index contributed by atoms with van der Waals surface area (Å²) in [5, 5.41) is 16.3. The zero-order chi connectivity index (χ0) is 30.5. The van der Waals surface area contributed by atoms with Crippen LogP contribution in [0.4, 0.5) is 4.39 Å². The van der Waals surface area contributed by atoms with E-state index in [9.17, 15) is 4.79 Å². The molecule has 2 fully saturated rings. The van der Waals surface area contributed by atoms with Crippen molar-refractivity contribution in [3.63, 3.8) is 0 Å². The van der Waals surface area contributed by atoms with Crippen molar-refractivity contribution in [2.75, 3.05) is 0 Å². The summed E-state index contributed by atoms with van der Waals surface area (Å²) < 4.78 is 17.3. The van der Waals surface area contributed by atoms with E-state index in [4.69, 9.17) is 0 Å². The lowest BCUT2D eigenvalue weighted by molar-refractivity contribution is -0.150. The van der Waals surface area contributed by atoms with Crippen LogP contribution in [0.25, 0.3) is 0 Å². The van der Waals surface area contributed by atoms with Crippen molar-refractivity contribution in [3.8, 4) is 0 Å². The zero-order valence-corrected chi connectivity index (χ0v) is 25.6. The average molecular weight is 605 g/mol. The third kappa shape index (κ3) is 4.62. The molecule has 5 aromatic rings. The van der Waals surface area contributed by atoms with Gasteiger partial charge in [-0.15, -0.1) is 16.9 Å². The fourth-order valence-electron chi connectivity index (χ4n) is 6.65. The minimum Gasteiger partial charge on any atom is -0.315 e. The molecule has 7 rings (SSSR count). The number of β-lactam (4-membered cyclic amide) rings is 1. The van der Waals surface area contributed by atoms with Gasteiger partial charge in [0.1, 0.15) is 23.3 Å². The topological polar surface area (TPSA) is 75.9 Å². The molecule has 44 heavy (non-hydrogen) atoms. The number of hydrogen-bond acceptors (Lipinski definition) is 6. The van der Waals surface area contributed by atoms with E-state index in [1.54, 1.807) is 28.6 Å². The van der Waals surface area contributed by atoms with Crippen LogP contribution in [0, 0.1) is 12.7 Å². The Morgan fingerprint density at radius 3 is 2.14 bits per heavy atom. The monoisotopic (exact) mass is 604 g/mol. The third-order valence-corrected chi connectivity index (χ3v) is 10.3. The Kier molecular flexibility index (Phi) is 7.10. The molecule has 0 spiro atoms. The first-order chi connectivity index (χ1) is 21.3. The molecule has 2 saturated heterocycles. The first-order valence-corrected chi connectivity index (χ1v) is 15.6. The first-order valence-electron chi connectivity index (χ1n) is 14.7. The minimum atomic E-state index is -1.11. The van der Waals surface area contributed by atoms with E-state index in [0.29, 0.717) is 17.9 Å². The van der Waals surface area contributed by atoms with Crippen molar-refractivity contribution in [3.05, 3.63) is 149 Å². The van der Waals surface area contributed by atoms with Gasteiger partial charge >= 0.3 is 0 Å². The molecular formula is C35H33FN6OS. The summed E-state index contributed by atoms with van der Waals surface area (Å²) in [5.41, 5.74) is 3.31. The molecule has 2 aliphatic rings. The highest BCUT2D eigenvalue weighted by Gasteiger charge is 2.64. The molecule has 1 aromatic heterocycles. The number of nitrogens with one attached hydrogen (secondary N) is 1. The van der Waals surface area contributed by atoms with E-state index in [-0.39, 0.29) is 27.9 Å². The van der Waals surface area contributed by atoms with Gasteiger partial charge in [-0.05, 0) is 54.0 Å². The van der Waals surface area contributed by atoms with Crippen LogP contribution in [0.5, 0.6) is 0 Å². The molecule has 3 atom stereocenters. The van der Waals surface area contributed by atoms with Gasteiger partial charge < -0.3 is 4.90 Å². The van der Waals surface area contributed by atoms with E-state index < -0.39 is 11.6 Å². The van der Waals surface area contributed by atoms with E-state index >= 15 is 4.39 Å². The largest absolute Gasteiger partial charge is 0.315 e. The Bertz CT molecular complexity index is 1750. The van der Waals surface area contributed by atoms with Gasteiger partial charge in [-0.3, -0.25) is 10.1 Å². The van der Waals surface area contributed by atoms with E-state index in [0.717, 1.165) is 16.7 Å². The number of rotatable bonds is 8. The Balaban J connectivity index is 1.28. The van der Waals surface area contributed by atoms with Gasteiger partial charge in [0, 0.05) is 10.3 Å². The molecule has 0 aliphatic carbocycles. The van der Waals surface area contributed by atoms with Gasteiger partial charge in [-0.1, -0.05) is 109 Å². The van der Waals surface area contributed by atoms with Crippen LogP contribution >= 0.6 is 11.8 Å². The van der Waals surface area contributed by atoms with Gasteiger partial charge in [0.2, 0.25) is 5.91 Å². The van der Waals surface area contributed by atoms with Crippen molar-refractivity contribution < 1.29 is 9.18 Å². The highest BCUT2D eigenvalue weighted by Crippen LogP contribution is 2.57. The number of aromatic nitrogens is 4. The first kappa shape index (κ1) is 28.4. The molecule has 222 valence electrons. The van der Waals surface area contributed by atoms with Crippen LogP contribution in [0.3, 0.4) is 0 Å². The molecule has 3 heterocycles. The number of thioether (sulfide) groups is 1. The van der Waals surface area contributed by atoms with E-state index in [1.807, 2.05) is 71.6 Å². The smallest absolute Gasteiger partial charge is 0.244 e. The number of amides is 1. The number of carbonyl (C=O) groups excluding carboxylic acids is 1. The number of hydrogen-bond donors (Lipinski definition) is 1. The fourth-order valence-corrected chi connectivity index (χ4v) is 8.28. The maximum Gasteiger partial charge on any atom is 0.244 e. The van der Waals surface area contributed by atoms with Crippen LogP contribution in [0.1, 0.15) is 53.5 Å². The van der Waals surface area contributed by atoms with Gasteiger partial charge in [-0.25, -0.2) is 9.07 Å². The molecule has 1 N–H and O–H groups in total. The molecule has 2 aliphatic heterocycles. The standard InChI is InChI=1S/C35H33FN6OS/c1-23-18-20-24(21-19-23)22-41-31(38-39-40-41)30-34(2,3)44-33-29(32(43)42(30)33)37-35(25-12-6-4-7-13-25,26-14-8-5-9-15-26)27-16-10-11-17-28(27)36/h4-21,29-30,33,37H,22H2,1-3H3. The minimum absolute atomic E-state index is 0.0597. The lowest BCUT2D eigenvalue weighted by Gasteiger charge is -2.49. The van der Waals surface area contributed by atoms with Crippen LogP contribution in [0.2, 0.25) is 0 Å². The summed E-state index contributed by atoms with van der Waals surface area (Å²) in [7, 11) is 0. The summed E-state index contributed by atoms with van der Waals surface area (Å²) in [6, 6.07) is 33.8. The number of halogens is 1. The number of fused-ring (bicyclic) bond motifs is 1. The fraction of sp³-hybridized carbons (Fsp3) is 0.257. The maximum absolute atomic E-state index is 15.8. The van der Waals surface area contributed by atoms with Crippen molar-refractivity contribution >= 4 is 17.7 Å². The predicted octanol–water partition coefficient (Wildman–Crippen LogP) is 5.85.